The van der Waals surface area contributed by atoms with E-state index in [0.717, 1.165) is 11.8 Å². The Morgan fingerprint density at radius 3 is 2.82 bits per heavy atom. The summed E-state index contributed by atoms with van der Waals surface area (Å²) in [6.45, 7) is 4.67. The maximum atomic E-state index is 2.36. The third-order valence-corrected chi connectivity index (χ3v) is 4.42. The van der Waals surface area contributed by atoms with Gasteiger partial charge in [-0.2, -0.15) is 0 Å². The van der Waals surface area contributed by atoms with Crippen molar-refractivity contribution in [3.8, 4) is 0 Å². The minimum Gasteiger partial charge on any atom is -0.0654 e. The summed E-state index contributed by atoms with van der Waals surface area (Å²) in [6, 6.07) is 9.08. The first-order chi connectivity index (χ1) is 8.35. The number of hydrogen-bond acceptors (Lipinski definition) is 0. The average molecular weight is 230 g/mol. The third kappa shape index (κ3) is 3.12. The molecule has 2 unspecified atom stereocenters. The number of benzene rings is 1. The number of fused-ring (bicyclic) bond motifs is 1. The normalized spacial score (nSPS) is 20.2. The van der Waals surface area contributed by atoms with Gasteiger partial charge in [0, 0.05) is 0 Å². The van der Waals surface area contributed by atoms with E-state index in [2.05, 4.69) is 38.1 Å². The highest BCUT2D eigenvalue weighted by Crippen LogP contribution is 2.38. The van der Waals surface area contributed by atoms with Crippen LogP contribution in [-0.2, 0) is 6.42 Å². The van der Waals surface area contributed by atoms with Crippen molar-refractivity contribution in [2.24, 2.45) is 5.92 Å². The van der Waals surface area contributed by atoms with Crippen molar-refractivity contribution in [2.75, 3.05) is 0 Å². The molecule has 0 heteroatoms. The molecule has 0 bridgehead atoms. The lowest BCUT2D eigenvalue weighted by molar-refractivity contribution is 0.384. The third-order valence-electron chi connectivity index (χ3n) is 4.42. The van der Waals surface area contributed by atoms with E-state index < -0.39 is 0 Å². The largest absolute Gasteiger partial charge is 0.0654 e. The summed E-state index contributed by atoms with van der Waals surface area (Å²) in [6.07, 6.45) is 9.68. The standard InChI is InChI=1S/C17H26/c1-3-5-8-14(4-2)13-16-12-11-15-9-6-7-10-17(15)16/h6-7,9-10,14,16H,3-5,8,11-13H2,1-2H3. The molecule has 0 fully saturated rings. The summed E-state index contributed by atoms with van der Waals surface area (Å²) in [7, 11) is 0. The SMILES string of the molecule is CCCCC(CC)CC1CCc2ccccc21. The molecule has 17 heavy (non-hydrogen) atoms. The first-order valence-electron chi connectivity index (χ1n) is 7.43. The molecule has 0 aromatic heterocycles. The van der Waals surface area contributed by atoms with Gasteiger partial charge in [0.2, 0.25) is 0 Å². The van der Waals surface area contributed by atoms with E-state index in [-0.39, 0.29) is 0 Å². The predicted octanol–water partition coefficient (Wildman–Crippen LogP) is 5.32. The van der Waals surface area contributed by atoms with E-state index in [4.69, 9.17) is 0 Å². The van der Waals surface area contributed by atoms with Crippen LogP contribution in [-0.4, -0.2) is 0 Å². The molecule has 0 saturated heterocycles. The summed E-state index contributed by atoms with van der Waals surface area (Å²) in [5.74, 6) is 1.80. The van der Waals surface area contributed by atoms with Crippen molar-refractivity contribution in [2.45, 2.75) is 64.7 Å². The minimum atomic E-state index is 0.855. The first kappa shape index (κ1) is 12.7. The molecule has 0 spiro atoms. The van der Waals surface area contributed by atoms with Gasteiger partial charge in [0.15, 0.2) is 0 Å². The van der Waals surface area contributed by atoms with Gasteiger partial charge in [-0.25, -0.2) is 0 Å². The van der Waals surface area contributed by atoms with Gasteiger partial charge in [-0.05, 0) is 42.2 Å². The Hall–Kier alpha value is -0.780. The van der Waals surface area contributed by atoms with Crippen LogP contribution in [0.4, 0.5) is 0 Å². The van der Waals surface area contributed by atoms with Gasteiger partial charge in [0.1, 0.15) is 0 Å². The molecule has 0 saturated carbocycles. The van der Waals surface area contributed by atoms with Crippen molar-refractivity contribution >= 4 is 0 Å². The molecular formula is C17H26. The monoisotopic (exact) mass is 230 g/mol. The molecule has 94 valence electrons. The molecule has 0 nitrogen and oxygen atoms in total. The fourth-order valence-electron chi connectivity index (χ4n) is 3.27. The molecule has 1 aliphatic rings. The average Bonchev–Trinajstić information content (AvgIpc) is 2.78. The predicted molar refractivity (Wildman–Crippen MR) is 75.4 cm³/mol. The van der Waals surface area contributed by atoms with Crippen molar-refractivity contribution in [3.05, 3.63) is 35.4 Å². The van der Waals surface area contributed by atoms with E-state index in [1.54, 1.807) is 11.1 Å². The Morgan fingerprint density at radius 1 is 1.24 bits per heavy atom. The highest BCUT2D eigenvalue weighted by molar-refractivity contribution is 5.34. The second-order valence-electron chi connectivity index (χ2n) is 5.59. The van der Waals surface area contributed by atoms with E-state index in [0.29, 0.717) is 0 Å². The fourth-order valence-corrected chi connectivity index (χ4v) is 3.27. The zero-order chi connectivity index (χ0) is 12.1. The summed E-state index contributed by atoms with van der Waals surface area (Å²) in [5, 5.41) is 0. The lowest BCUT2D eigenvalue weighted by Crippen LogP contribution is -2.05. The van der Waals surface area contributed by atoms with Gasteiger partial charge in [0.05, 0.1) is 0 Å². The lowest BCUT2D eigenvalue weighted by Gasteiger charge is -2.19. The van der Waals surface area contributed by atoms with Crippen LogP contribution in [0.1, 0.15) is 69.4 Å². The summed E-state index contributed by atoms with van der Waals surface area (Å²) in [4.78, 5) is 0. The maximum absolute atomic E-state index is 2.36. The van der Waals surface area contributed by atoms with Crippen LogP contribution in [0.5, 0.6) is 0 Å². The molecular weight excluding hydrogens is 204 g/mol. The van der Waals surface area contributed by atoms with Crippen molar-refractivity contribution in [1.82, 2.24) is 0 Å². The zero-order valence-corrected chi connectivity index (χ0v) is 11.4. The van der Waals surface area contributed by atoms with Crippen LogP contribution in [0.15, 0.2) is 24.3 Å². The summed E-state index contributed by atoms with van der Waals surface area (Å²) >= 11 is 0. The molecule has 1 aromatic carbocycles. The van der Waals surface area contributed by atoms with Gasteiger partial charge in [-0.3, -0.25) is 0 Å². The van der Waals surface area contributed by atoms with Crippen LogP contribution in [0.25, 0.3) is 0 Å². The lowest BCUT2D eigenvalue weighted by atomic mass is 9.86. The smallest absolute Gasteiger partial charge is 0.0153 e. The molecule has 2 rings (SSSR count). The van der Waals surface area contributed by atoms with Crippen molar-refractivity contribution in [3.63, 3.8) is 0 Å². The van der Waals surface area contributed by atoms with Crippen molar-refractivity contribution in [1.29, 1.82) is 0 Å². The van der Waals surface area contributed by atoms with E-state index in [1.807, 2.05) is 0 Å². The Morgan fingerprint density at radius 2 is 2.06 bits per heavy atom. The second-order valence-corrected chi connectivity index (χ2v) is 5.59. The van der Waals surface area contributed by atoms with Crippen LogP contribution in [0.3, 0.4) is 0 Å². The molecule has 0 N–H and O–H groups in total. The quantitative estimate of drug-likeness (QED) is 0.620. The molecule has 1 aliphatic carbocycles. The highest BCUT2D eigenvalue weighted by Gasteiger charge is 2.24. The molecule has 2 atom stereocenters. The van der Waals surface area contributed by atoms with Gasteiger partial charge in [-0.15, -0.1) is 0 Å². The van der Waals surface area contributed by atoms with Gasteiger partial charge in [0.25, 0.3) is 0 Å². The molecule has 0 aliphatic heterocycles. The first-order valence-corrected chi connectivity index (χ1v) is 7.43. The van der Waals surface area contributed by atoms with E-state index in [1.165, 1.54) is 44.9 Å². The van der Waals surface area contributed by atoms with Gasteiger partial charge >= 0.3 is 0 Å². The Labute approximate surface area is 106 Å². The van der Waals surface area contributed by atoms with E-state index >= 15 is 0 Å². The van der Waals surface area contributed by atoms with Gasteiger partial charge < -0.3 is 0 Å². The molecule has 1 aromatic rings. The van der Waals surface area contributed by atoms with Crippen molar-refractivity contribution < 1.29 is 0 Å². The summed E-state index contributed by atoms with van der Waals surface area (Å²) in [5.41, 5.74) is 3.27. The van der Waals surface area contributed by atoms with Crippen LogP contribution in [0, 0.1) is 5.92 Å². The number of unbranched alkanes of at least 4 members (excludes halogenated alkanes) is 1. The molecule has 0 radical (unpaired) electrons. The topological polar surface area (TPSA) is 0 Å². The molecule has 0 heterocycles. The van der Waals surface area contributed by atoms with Crippen LogP contribution < -0.4 is 0 Å². The summed E-state index contributed by atoms with van der Waals surface area (Å²) < 4.78 is 0. The second kappa shape index (κ2) is 6.23. The number of rotatable bonds is 6. The fraction of sp³-hybridized carbons (Fsp3) is 0.647. The van der Waals surface area contributed by atoms with E-state index in [9.17, 15) is 0 Å². The van der Waals surface area contributed by atoms with Crippen LogP contribution in [0.2, 0.25) is 0 Å². The molecule has 0 amide bonds. The Bertz CT molecular complexity index is 340. The Kier molecular flexibility index (Phi) is 4.65. The maximum Gasteiger partial charge on any atom is -0.0153 e. The number of aryl methyl sites for hydroxylation is 1. The van der Waals surface area contributed by atoms with Crippen LogP contribution >= 0.6 is 0 Å². The highest BCUT2D eigenvalue weighted by atomic mass is 14.3. The zero-order valence-electron chi connectivity index (χ0n) is 11.4. The number of hydrogen-bond donors (Lipinski definition) is 0. The van der Waals surface area contributed by atoms with Gasteiger partial charge in [-0.1, -0.05) is 63.8 Å². The Balaban J connectivity index is 1.95. The minimum absolute atomic E-state index is 0.855.